The van der Waals surface area contributed by atoms with Crippen LogP contribution < -0.4 is 19.6 Å². The highest BCUT2D eigenvalue weighted by molar-refractivity contribution is 7.07. The number of fused-ring (bicyclic) bond motifs is 2. The maximum absolute atomic E-state index is 13.9. The van der Waals surface area contributed by atoms with Crippen LogP contribution in [0.3, 0.4) is 0 Å². The third-order valence-electron chi connectivity index (χ3n) is 6.14. The fraction of sp³-hybridized carbons (Fsp3) is 0.207. The van der Waals surface area contributed by atoms with Crippen molar-refractivity contribution in [3.05, 3.63) is 109 Å². The molecule has 1 aromatic heterocycles. The third-order valence-corrected chi connectivity index (χ3v) is 7.12. The molecular formula is C29H26N2O4S. The number of hydrogen-bond donors (Lipinski definition) is 0. The lowest BCUT2D eigenvalue weighted by molar-refractivity contribution is -0.139. The van der Waals surface area contributed by atoms with E-state index in [1.54, 1.807) is 18.4 Å². The highest BCUT2D eigenvalue weighted by atomic mass is 32.1. The second kappa shape index (κ2) is 9.95. The van der Waals surface area contributed by atoms with Crippen LogP contribution in [0.15, 0.2) is 87.8 Å². The highest BCUT2D eigenvalue weighted by Crippen LogP contribution is 2.34. The van der Waals surface area contributed by atoms with Gasteiger partial charge in [0.25, 0.3) is 5.56 Å². The van der Waals surface area contributed by atoms with Gasteiger partial charge in [-0.05, 0) is 49.2 Å². The number of aromatic nitrogens is 1. The fourth-order valence-corrected chi connectivity index (χ4v) is 5.64. The summed E-state index contributed by atoms with van der Waals surface area (Å²) in [5, 5.41) is 2.00. The average molecular weight is 499 g/mol. The van der Waals surface area contributed by atoms with Crippen molar-refractivity contribution in [2.75, 3.05) is 13.2 Å². The van der Waals surface area contributed by atoms with E-state index in [1.807, 2.05) is 79.7 Å². The molecule has 182 valence electrons. The van der Waals surface area contributed by atoms with Crippen molar-refractivity contribution in [1.82, 2.24) is 4.57 Å². The molecule has 0 fully saturated rings. The number of benzene rings is 3. The van der Waals surface area contributed by atoms with Gasteiger partial charge in [-0.2, -0.15) is 0 Å². The van der Waals surface area contributed by atoms with Crippen LogP contribution in [0.5, 0.6) is 5.75 Å². The Morgan fingerprint density at radius 3 is 2.58 bits per heavy atom. The van der Waals surface area contributed by atoms with Crippen molar-refractivity contribution in [3.63, 3.8) is 0 Å². The predicted molar refractivity (Wildman–Crippen MR) is 142 cm³/mol. The Kier molecular flexibility index (Phi) is 6.57. The third kappa shape index (κ3) is 4.16. The van der Waals surface area contributed by atoms with Gasteiger partial charge < -0.3 is 9.47 Å². The van der Waals surface area contributed by atoms with Crippen LogP contribution in [0.4, 0.5) is 0 Å². The van der Waals surface area contributed by atoms with Gasteiger partial charge in [0.15, 0.2) is 4.80 Å². The smallest absolute Gasteiger partial charge is 0.338 e. The Hall–Kier alpha value is -3.97. The number of carbonyl (C=O) groups excluding carboxylic acids is 1. The van der Waals surface area contributed by atoms with Crippen molar-refractivity contribution >= 4 is 34.2 Å². The van der Waals surface area contributed by atoms with Crippen LogP contribution in [-0.2, 0) is 9.53 Å². The van der Waals surface area contributed by atoms with Crippen LogP contribution >= 0.6 is 11.3 Å². The lowest BCUT2D eigenvalue weighted by Crippen LogP contribution is -2.40. The summed E-state index contributed by atoms with van der Waals surface area (Å²) in [7, 11) is 0. The number of allylic oxidation sites excluding steroid dienone is 1. The zero-order chi connectivity index (χ0) is 25.2. The summed E-state index contributed by atoms with van der Waals surface area (Å²) >= 11 is 1.30. The van der Waals surface area contributed by atoms with E-state index < -0.39 is 12.0 Å². The lowest BCUT2D eigenvalue weighted by atomic mass is 9.91. The molecule has 1 atom stereocenters. The molecule has 0 aliphatic carbocycles. The molecular weight excluding hydrogens is 472 g/mol. The highest BCUT2D eigenvalue weighted by Gasteiger charge is 2.34. The van der Waals surface area contributed by atoms with E-state index in [-0.39, 0.29) is 12.2 Å². The number of ether oxygens (including phenoxy) is 2. The van der Waals surface area contributed by atoms with Gasteiger partial charge in [0.1, 0.15) is 5.75 Å². The summed E-state index contributed by atoms with van der Waals surface area (Å²) in [6, 6.07) is 20.9. The Labute approximate surface area is 212 Å². The first kappa shape index (κ1) is 23.8. The zero-order valence-electron chi connectivity index (χ0n) is 20.4. The number of rotatable bonds is 6. The largest absolute Gasteiger partial charge is 0.493 e. The van der Waals surface area contributed by atoms with Crippen molar-refractivity contribution in [3.8, 4) is 5.75 Å². The molecule has 0 bridgehead atoms. The fourth-order valence-electron chi connectivity index (χ4n) is 4.60. The molecule has 36 heavy (non-hydrogen) atoms. The summed E-state index contributed by atoms with van der Waals surface area (Å²) in [6.45, 7) is 6.25. The first-order valence-electron chi connectivity index (χ1n) is 11.9. The average Bonchev–Trinajstić information content (AvgIpc) is 3.18. The van der Waals surface area contributed by atoms with Crippen LogP contribution in [0.25, 0.3) is 16.8 Å². The van der Waals surface area contributed by atoms with E-state index in [4.69, 9.17) is 9.47 Å². The summed E-state index contributed by atoms with van der Waals surface area (Å²) in [5.74, 6) is 0.243. The summed E-state index contributed by atoms with van der Waals surface area (Å²) in [5.41, 5.74) is 2.38. The van der Waals surface area contributed by atoms with E-state index in [9.17, 15) is 9.59 Å². The zero-order valence-corrected chi connectivity index (χ0v) is 21.2. The molecule has 0 N–H and O–H groups in total. The number of thiazole rings is 1. The quantitative estimate of drug-likeness (QED) is 0.371. The molecule has 6 nitrogen and oxygen atoms in total. The van der Waals surface area contributed by atoms with E-state index in [1.165, 1.54) is 11.3 Å². The Balaban J connectivity index is 1.79. The first-order valence-corrected chi connectivity index (χ1v) is 12.7. The summed E-state index contributed by atoms with van der Waals surface area (Å²) in [4.78, 5) is 32.3. The van der Waals surface area contributed by atoms with Gasteiger partial charge in [-0.15, -0.1) is 0 Å². The van der Waals surface area contributed by atoms with Crippen molar-refractivity contribution in [1.29, 1.82) is 0 Å². The van der Waals surface area contributed by atoms with Crippen molar-refractivity contribution in [2.45, 2.75) is 26.8 Å². The molecule has 4 aromatic rings. The molecule has 1 aliphatic rings. The van der Waals surface area contributed by atoms with Crippen LogP contribution in [0, 0.1) is 0 Å². The minimum absolute atomic E-state index is 0.211. The van der Waals surface area contributed by atoms with Crippen LogP contribution in [0.2, 0.25) is 0 Å². The van der Waals surface area contributed by atoms with Crippen LogP contribution in [0.1, 0.15) is 37.9 Å². The SMILES string of the molecule is CCOC(=O)C1=C(C)N=c2s/c(=C/c3ccccc3OCC)c(=O)n2[C@@H]1c1cccc2ccccc12. The molecule has 0 amide bonds. The Bertz CT molecular complexity index is 1670. The normalized spacial score (nSPS) is 15.5. The number of hydrogen-bond acceptors (Lipinski definition) is 6. The number of nitrogens with zero attached hydrogens (tertiary/aromatic N) is 2. The van der Waals surface area contributed by atoms with E-state index in [0.29, 0.717) is 33.0 Å². The maximum atomic E-state index is 13.9. The van der Waals surface area contributed by atoms with E-state index in [2.05, 4.69) is 4.99 Å². The van der Waals surface area contributed by atoms with E-state index in [0.717, 1.165) is 21.9 Å². The molecule has 2 heterocycles. The molecule has 1 aliphatic heterocycles. The van der Waals surface area contributed by atoms with Gasteiger partial charge in [0.05, 0.1) is 35.1 Å². The Morgan fingerprint density at radius 2 is 1.78 bits per heavy atom. The van der Waals surface area contributed by atoms with Gasteiger partial charge in [0, 0.05) is 5.56 Å². The van der Waals surface area contributed by atoms with Gasteiger partial charge in [-0.1, -0.05) is 72.0 Å². The van der Waals surface area contributed by atoms with Crippen molar-refractivity contribution in [2.24, 2.45) is 4.99 Å². The summed E-state index contributed by atoms with van der Waals surface area (Å²) < 4.78 is 13.3. The van der Waals surface area contributed by atoms with E-state index >= 15 is 0 Å². The van der Waals surface area contributed by atoms with Crippen molar-refractivity contribution < 1.29 is 14.3 Å². The predicted octanol–water partition coefficient (Wildman–Crippen LogP) is 4.35. The maximum Gasteiger partial charge on any atom is 0.338 e. The summed E-state index contributed by atoms with van der Waals surface area (Å²) in [6.07, 6.45) is 1.83. The van der Waals surface area contributed by atoms with Gasteiger partial charge in [0.2, 0.25) is 0 Å². The van der Waals surface area contributed by atoms with Crippen LogP contribution in [-0.4, -0.2) is 23.8 Å². The Morgan fingerprint density at radius 1 is 1.03 bits per heavy atom. The molecule has 0 spiro atoms. The van der Waals surface area contributed by atoms with Gasteiger partial charge >= 0.3 is 5.97 Å². The lowest BCUT2D eigenvalue weighted by Gasteiger charge is -2.25. The first-order chi connectivity index (χ1) is 17.5. The minimum Gasteiger partial charge on any atom is -0.493 e. The molecule has 7 heteroatoms. The molecule has 0 saturated carbocycles. The molecule has 0 unspecified atom stereocenters. The molecule has 3 aromatic carbocycles. The standard InChI is InChI=1S/C29H26N2O4S/c1-4-34-23-16-9-7-12-20(23)17-24-27(32)31-26(22-15-10-13-19-11-6-8-14-21(19)22)25(28(33)35-5-2)18(3)30-29(31)36-24/h6-17,26H,4-5H2,1-3H3/b24-17+/t26-/m1/s1. The number of esters is 1. The second-order valence-corrected chi connectivity index (χ2v) is 9.35. The molecule has 5 rings (SSSR count). The topological polar surface area (TPSA) is 69.9 Å². The second-order valence-electron chi connectivity index (χ2n) is 8.34. The monoisotopic (exact) mass is 498 g/mol. The molecule has 0 radical (unpaired) electrons. The molecule has 0 saturated heterocycles. The van der Waals surface area contributed by atoms with Gasteiger partial charge in [-0.3, -0.25) is 9.36 Å². The number of carbonyl (C=O) groups is 1. The minimum atomic E-state index is -0.657. The van der Waals surface area contributed by atoms with Gasteiger partial charge in [-0.25, -0.2) is 9.79 Å². The number of para-hydroxylation sites is 1.